The van der Waals surface area contributed by atoms with E-state index in [9.17, 15) is 17.6 Å². The maximum Gasteiger partial charge on any atom is 0.279 e. The lowest BCUT2D eigenvalue weighted by molar-refractivity contribution is -0.138. The molecule has 1 N–H and O–H groups in total. The van der Waals surface area contributed by atoms with Gasteiger partial charge in [-0.25, -0.2) is 4.39 Å². The minimum absolute atomic E-state index is 0.0836. The minimum Gasteiger partial charge on any atom is -0.378 e. The third-order valence-corrected chi connectivity index (χ3v) is 9.73. The molecule has 0 bridgehead atoms. The first kappa shape index (κ1) is 27.4. The van der Waals surface area contributed by atoms with Crippen LogP contribution in [0.2, 0.25) is 0 Å². The number of nitrogens with zero attached hydrogens (tertiary/aromatic N) is 3. The van der Waals surface area contributed by atoms with Crippen LogP contribution < -0.4 is 4.72 Å². The predicted molar refractivity (Wildman–Crippen MR) is 137 cm³/mol. The maximum atomic E-state index is 13.6. The van der Waals surface area contributed by atoms with E-state index < -0.39 is 10.2 Å². The van der Waals surface area contributed by atoms with Gasteiger partial charge in [0.15, 0.2) is 0 Å². The molecule has 1 saturated carbocycles. The molecule has 2 heterocycles. The number of likely N-dealkylation sites (tertiary alicyclic amines) is 2. The highest BCUT2D eigenvalue weighted by molar-refractivity contribution is 7.87. The Morgan fingerprint density at radius 1 is 1.14 bits per heavy atom. The predicted octanol–water partition coefficient (Wildman–Crippen LogP) is 2.58. The normalized spacial score (nSPS) is 30.1. The van der Waals surface area contributed by atoms with E-state index in [0.717, 1.165) is 50.6 Å². The van der Waals surface area contributed by atoms with E-state index in [4.69, 9.17) is 4.74 Å². The molecule has 1 amide bonds. The van der Waals surface area contributed by atoms with Crippen LogP contribution >= 0.6 is 0 Å². The Morgan fingerprint density at radius 3 is 2.53 bits per heavy atom. The number of piperidine rings is 1. The summed E-state index contributed by atoms with van der Waals surface area (Å²) >= 11 is 0. The van der Waals surface area contributed by atoms with Crippen LogP contribution in [0.3, 0.4) is 0 Å². The lowest BCUT2D eigenvalue weighted by Gasteiger charge is -2.41. The van der Waals surface area contributed by atoms with Crippen molar-refractivity contribution in [2.75, 3.05) is 47.4 Å². The lowest BCUT2D eigenvalue weighted by Crippen LogP contribution is -2.57. The van der Waals surface area contributed by atoms with Crippen molar-refractivity contribution in [2.24, 2.45) is 5.92 Å². The molecular formula is C26H41FN4O4S. The molecule has 10 heteroatoms. The molecule has 3 aliphatic rings. The second-order valence-electron chi connectivity index (χ2n) is 10.8. The number of carbonyl (C=O) groups is 1. The van der Waals surface area contributed by atoms with E-state index in [0.29, 0.717) is 32.0 Å². The van der Waals surface area contributed by atoms with Gasteiger partial charge in [0.1, 0.15) is 5.82 Å². The van der Waals surface area contributed by atoms with Crippen LogP contribution in [0.5, 0.6) is 0 Å². The van der Waals surface area contributed by atoms with E-state index >= 15 is 0 Å². The molecule has 3 fully saturated rings. The molecule has 0 spiro atoms. The Balaban J connectivity index is 1.36. The summed E-state index contributed by atoms with van der Waals surface area (Å²) in [7, 11) is 1.43. The Labute approximate surface area is 215 Å². The number of nitrogens with one attached hydrogen (secondary N) is 1. The standard InChI is InChI=1S/C26H41FN4O4S/c1-29(2)36(33,34)28-24-13-15-31(26(32)25-8-5-14-30(25)3)17-21(24)18-35-23-11-9-19(10-12-23)20-6-4-7-22(27)16-20/h4,6-7,16,19,21,23-25,28H,5,8-15,17-18H2,1-3H3/t19?,21?,23?,24-,25?/m0/s1. The molecule has 202 valence electrons. The lowest BCUT2D eigenvalue weighted by atomic mass is 9.82. The van der Waals surface area contributed by atoms with E-state index in [1.807, 2.05) is 18.0 Å². The first-order chi connectivity index (χ1) is 17.1. The smallest absolute Gasteiger partial charge is 0.279 e. The van der Waals surface area contributed by atoms with Crippen molar-refractivity contribution in [3.8, 4) is 0 Å². The Hall–Kier alpha value is -1.59. The molecule has 0 aromatic heterocycles. The SMILES string of the molecule is CN1CCCC1C(=O)N1CC[C@H](NS(=O)(=O)N(C)C)C(COC2CCC(c3cccc(F)c3)CC2)C1. The van der Waals surface area contributed by atoms with E-state index in [-0.39, 0.29) is 35.8 Å². The number of rotatable bonds is 8. The van der Waals surface area contributed by atoms with Gasteiger partial charge in [0, 0.05) is 39.1 Å². The molecule has 0 radical (unpaired) electrons. The van der Waals surface area contributed by atoms with Crippen LogP contribution in [0, 0.1) is 11.7 Å². The fraction of sp³-hybridized carbons (Fsp3) is 0.731. The first-order valence-corrected chi connectivity index (χ1v) is 14.6. The van der Waals surface area contributed by atoms with Crippen LogP contribution in [0.4, 0.5) is 4.39 Å². The van der Waals surface area contributed by atoms with Gasteiger partial charge in [0.2, 0.25) is 5.91 Å². The zero-order chi connectivity index (χ0) is 25.9. The average Bonchev–Trinajstić information content (AvgIpc) is 3.28. The molecular weight excluding hydrogens is 483 g/mol. The van der Waals surface area contributed by atoms with Gasteiger partial charge < -0.3 is 9.64 Å². The molecule has 4 rings (SSSR count). The van der Waals surface area contributed by atoms with Crippen molar-refractivity contribution in [1.29, 1.82) is 0 Å². The van der Waals surface area contributed by atoms with E-state index in [2.05, 4.69) is 9.62 Å². The van der Waals surface area contributed by atoms with Crippen LogP contribution in [0.1, 0.15) is 56.4 Å². The van der Waals surface area contributed by atoms with Crippen molar-refractivity contribution >= 4 is 16.1 Å². The summed E-state index contributed by atoms with van der Waals surface area (Å²) in [6, 6.07) is 6.49. The molecule has 2 unspecified atom stereocenters. The topological polar surface area (TPSA) is 82.2 Å². The summed E-state index contributed by atoms with van der Waals surface area (Å²) in [6.07, 6.45) is 6.20. The molecule has 2 aliphatic heterocycles. The number of benzene rings is 1. The van der Waals surface area contributed by atoms with E-state index in [1.165, 1.54) is 24.5 Å². The molecule has 1 aliphatic carbocycles. The quantitative estimate of drug-likeness (QED) is 0.565. The Bertz CT molecular complexity index is 999. The third kappa shape index (κ3) is 6.64. The third-order valence-electron chi connectivity index (χ3n) is 8.17. The van der Waals surface area contributed by atoms with Gasteiger partial charge in [0.05, 0.1) is 18.8 Å². The van der Waals surface area contributed by atoms with Crippen LogP contribution in [-0.2, 0) is 19.7 Å². The number of ether oxygens (including phenoxy) is 1. The molecule has 8 nitrogen and oxygen atoms in total. The number of hydrogen-bond acceptors (Lipinski definition) is 5. The molecule has 1 aromatic carbocycles. The number of likely N-dealkylation sites (N-methyl/N-ethyl adjacent to an activating group) is 1. The number of halogens is 1. The van der Waals surface area contributed by atoms with Crippen molar-refractivity contribution in [1.82, 2.24) is 18.8 Å². The summed E-state index contributed by atoms with van der Waals surface area (Å²) in [5.74, 6) is 0.165. The van der Waals surface area contributed by atoms with Crippen LogP contribution in [0.15, 0.2) is 24.3 Å². The second-order valence-corrected chi connectivity index (χ2v) is 12.8. The van der Waals surface area contributed by atoms with Gasteiger partial charge in [-0.05, 0) is 82.2 Å². The van der Waals surface area contributed by atoms with Gasteiger partial charge in [-0.1, -0.05) is 12.1 Å². The van der Waals surface area contributed by atoms with Gasteiger partial charge in [-0.15, -0.1) is 0 Å². The summed E-state index contributed by atoms with van der Waals surface area (Å²) in [5.41, 5.74) is 1.05. The van der Waals surface area contributed by atoms with Crippen molar-refractivity contribution in [3.63, 3.8) is 0 Å². The molecule has 3 atom stereocenters. The number of hydrogen-bond donors (Lipinski definition) is 1. The Kier molecular flexibility index (Phi) is 9.04. The largest absolute Gasteiger partial charge is 0.378 e. The Morgan fingerprint density at radius 2 is 1.89 bits per heavy atom. The van der Waals surface area contributed by atoms with Gasteiger partial charge in [-0.2, -0.15) is 17.4 Å². The fourth-order valence-corrected chi connectivity index (χ4v) is 6.77. The highest BCUT2D eigenvalue weighted by atomic mass is 32.2. The molecule has 36 heavy (non-hydrogen) atoms. The zero-order valence-electron chi connectivity index (χ0n) is 21.7. The summed E-state index contributed by atoms with van der Waals surface area (Å²) in [4.78, 5) is 17.2. The first-order valence-electron chi connectivity index (χ1n) is 13.2. The number of amides is 1. The highest BCUT2D eigenvalue weighted by Crippen LogP contribution is 2.35. The van der Waals surface area contributed by atoms with Crippen molar-refractivity contribution in [3.05, 3.63) is 35.6 Å². The van der Waals surface area contributed by atoms with Gasteiger partial charge in [-0.3, -0.25) is 9.69 Å². The summed E-state index contributed by atoms with van der Waals surface area (Å²) in [6.45, 7) is 2.36. The monoisotopic (exact) mass is 524 g/mol. The van der Waals surface area contributed by atoms with Gasteiger partial charge in [0.25, 0.3) is 10.2 Å². The van der Waals surface area contributed by atoms with Crippen LogP contribution in [0.25, 0.3) is 0 Å². The van der Waals surface area contributed by atoms with Crippen molar-refractivity contribution in [2.45, 2.75) is 69.1 Å². The highest BCUT2D eigenvalue weighted by Gasteiger charge is 2.39. The maximum absolute atomic E-state index is 13.6. The molecule has 1 aromatic rings. The van der Waals surface area contributed by atoms with E-state index in [1.54, 1.807) is 12.1 Å². The summed E-state index contributed by atoms with van der Waals surface area (Å²) < 4.78 is 49.1. The van der Waals surface area contributed by atoms with Crippen molar-refractivity contribution < 1.29 is 22.3 Å². The zero-order valence-corrected chi connectivity index (χ0v) is 22.6. The summed E-state index contributed by atoms with van der Waals surface area (Å²) in [5, 5.41) is 0. The minimum atomic E-state index is -3.59. The second kappa shape index (κ2) is 11.9. The average molecular weight is 525 g/mol. The van der Waals surface area contributed by atoms with Gasteiger partial charge >= 0.3 is 0 Å². The number of carbonyl (C=O) groups excluding carboxylic acids is 1. The molecule has 2 saturated heterocycles. The fourth-order valence-electron chi connectivity index (χ4n) is 5.87. The van der Waals surface area contributed by atoms with Crippen LogP contribution in [-0.4, -0.2) is 94.0 Å².